The normalized spacial score (nSPS) is 9.36. The Morgan fingerprint density at radius 3 is 1.76 bits per heavy atom. The molecule has 0 unspecified atom stereocenters. The van der Waals surface area contributed by atoms with Gasteiger partial charge in [-0.05, 0) is 103 Å². The molecule has 0 atom stereocenters. The third-order valence-electron chi connectivity index (χ3n) is 4.03. The molecule has 0 spiro atoms. The van der Waals surface area contributed by atoms with E-state index in [1.54, 1.807) is 46.3 Å². The zero-order valence-corrected chi connectivity index (χ0v) is 35.0. The van der Waals surface area contributed by atoms with E-state index in [1.165, 1.54) is 17.2 Å². The van der Waals surface area contributed by atoms with Crippen molar-refractivity contribution < 1.29 is 34.2 Å². The van der Waals surface area contributed by atoms with Gasteiger partial charge in [0.25, 0.3) is 0 Å². The van der Waals surface area contributed by atoms with E-state index >= 15 is 0 Å². The van der Waals surface area contributed by atoms with Gasteiger partial charge in [0.05, 0.1) is 4.61 Å². The van der Waals surface area contributed by atoms with Gasteiger partial charge in [-0.25, -0.2) is 9.48 Å². The van der Waals surface area contributed by atoms with Gasteiger partial charge in [-0.1, -0.05) is 25.1 Å². The van der Waals surface area contributed by atoms with E-state index < -0.39 is 26.8 Å². The number of amides is 1. The number of aromatic nitrogens is 2. The first-order valence-corrected chi connectivity index (χ1v) is 22.4. The van der Waals surface area contributed by atoms with E-state index in [-0.39, 0.29) is 0 Å². The molecule has 0 aliphatic rings. The molecule has 246 valence electrons. The van der Waals surface area contributed by atoms with E-state index in [9.17, 15) is 4.79 Å². The minimum atomic E-state index is -0.931. The van der Waals surface area contributed by atoms with Gasteiger partial charge in [-0.3, -0.25) is 10.2 Å². The molecule has 0 aliphatic heterocycles. The predicted octanol–water partition coefficient (Wildman–Crippen LogP) is 8.57. The fourth-order valence-corrected chi connectivity index (χ4v) is 2.68. The number of aldehydes is 1. The average Bonchev–Trinajstić information content (AvgIpc) is 3.39. The summed E-state index contributed by atoms with van der Waals surface area (Å²) in [5.41, 5.74) is 0.782. The second-order valence-corrected chi connectivity index (χ2v) is 15.6. The summed E-state index contributed by atoms with van der Waals surface area (Å²) in [5, 5.41) is 6.40. The zero-order valence-electron chi connectivity index (χ0n) is 28.2. The molecule has 1 aromatic rings. The third kappa shape index (κ3) is 39.3. The third-order valence-corrected chi connectivity index (χ3v) is 5.75. The van der Waals surface area contributed by atoms with Gasteiger partial charge in [0.1, 0.15) is 23.8 Å². The molecule has 9 nitrogen and oxygen atoms in total. The Bertz CT molecular complexity index is 794. The van der Waals surface area contributed by atoms with Gasteiger partial charge in [0, 0.05) is 45.7 Å². The Hall–Kier alpha value is -0.677. The van der Waals surface area contributed by atoms with Crippen molar-refractivity contribution in [3.63, 3.8) is 0 Å². The van der Waals surface area contributed by atoms with Crippen LogP contribution in [0.2, 0.25) is 0 Å². The Morgan fingerprint density at radius 2 is 1.60 bits per heavy atom. The molecule has 0 saturated heterocycles. The van der Waals surface area contributed by atoms with Gasteiger partial charge in [0.2, 0.25) is 0 Å². The SMILES string of the molecule is C=C(NC(=O)OC(C)(C)C)n1cccn1.CC(C)=C(Br)N(C)C.CC=O.CCN(C(C)C)C(C)C.COCCl.[Cl][Zn][Cl]. The Morgan fingerprint density at radius 1 is 1.19 bits per heavy atom. The summed E-state index contributed by atoms with van der Waals surface area (Å²) in [6.45, 7) is 27.0. The number of halogens is 4. The number of nitrogens with one attached hydrogen (secondary N) is 1. The molecule has 1 amide bonds. The number of carbonyl (C=O) groups is 2. The van der Waals surface area contributed by atoms with Crippen molar-refractivity contribution in [3.8, 4) is 0 Å². The van der Waals surface area contributed by atoms with Crippen LogP contribution in [0.15, 0.2) is 35.2 Å². The number of alkyl halides is 1. The van der Waals surface area contributed by atoms with Gasteiger partial charge < -0.3 is 19.2 Å². The molecule has 1 N–H and O–H groups in total. The van der Waals surface area contributed by atoms with Crippen molar-refractivity contribution in [1.29, 1.82) is 0 Å². The number of hydrogen-bond donors (Lipinski definition) is 1. The average molecular weight is 777 g/mol. The van der Waals surface area contributed by atoms with Crippen LogP contribution in [0, 0.1) is 0 Å². The van der Waals surface area contributed by atoms with Gasteiger partial charge in [0.15, 0.2) is 0 Å². The first-order valence-electron chi connectivity index (χ1n) is 13.3. The number of nitrogens with zero attached hydrogens (tertiary/aromatic N) is 4. The number of methoxy groups -OCH3 is 1. The Kier molecular flexibility index (Phi) is 40.3. The molecule has 1 aromatic heterocycles. The zero-order chi connectivity index (χ0) is 34.5. The molecule has 0 radical (unpaired) electrons. The summed E-state index contributed by atoms with van der Waals surface area (Å²) in [7, 11) is 15.5. The Balaban J connectivity index is -0.000000146. The molecule has 42 heavy (non-hydrogen) atoms. The summed E-state index contributed by atoms with van der Waals surface area (Å²) >= 11 is 7.45. The van der Waals surface area contributed by atoms with Crippen LogP contribution in [0.25, 0.3) is 5.82 Å². The van der Waals surface area contributed by atoms with E-state index in [1.807, 2.05) is 19.0 Å². The maximum absolute atomic E-state index is 11.3. The van der Waals surface area contributed by atoms with Crippen molar-refractivity contribution in [2.75, 3.05) is 33.8 Å². The quantitative estimate of drug-likeness (QED) is 0.129. The van der Waals surface area contributed by atoms with Crippen LogP contribution in [0.1, 0.15) is 76.2 Å². The van der Waals surface area contributed by atoms with E-state index in [2.05, 4.69) is 91.0 Å². The van der Waals surface area contributed by atoms with E-state index in [0.717, 1.165) is 17.4 Å². The summed E-state index contributed by atoms with van der Waals surface area (Å²) < 4.78 is 12.0. The van der Waals surface area contributed by atoms with Crippen molar-refractivity contribution in [1.82, 2.24) is 24.9 Å². The number of alkyl carbamates (subject to hydrolysis) is 1. The summed E-state index contributed by atoms with van der Waals surface area (Å²) in [6, 6.07) is 3.41. The van der Waals surface area contributed by atoms with Crippen LogP contribution >= 0.6 is 46.9 Å². The van der Waals surface area contributed by atoms with Crippen LogP contribution in [0.5, 0.6) is 0 Å². The summed E-state index contributed by atoms with van der Waals surface area (Å²) in [5.74, 6) is 0.356. The van der Waals surface area contributed by atoms with Gasteiger partial charge >= 0.3 is 40.6 Å². The van der Waals surface area contributed by atoms with Gasteiger partial charge in [-0.2, -0.15) is 5.10 Å². The first-order chi connectivity index (χ1) is 19.3. The molecule has 0 saturated carbocycles. The molecule has 1 heterocycles. The molecule has 0 fully saturated rings. The number of allylic oxidation sites excluding steroid dienone is 1. The van der Waals surface area contributed by atoms with Crippen molar-refractivity contribution >= 4 is 65.1 Å². The van der Waals surface area contributed by atoms with Crippen molar-refractivity contribution in [2.45, 2.75) is 93.8 Å². The van der Waals surface area contributed by atoms with E-state index in [0.29, 0.717) is 24.0 Å². The fourth-order valence-electron chi connectivity index (χ4n) is 2.68. The van der Waals surface area contributed by atoms with Crippen LogP contribution < -0.4 is 5.32 Å². The summed E-state index contributed by atoms with van der Waals surface area (Å²) in [4.78, 5) is 24.6. The standard InChI is InChI=1S/C10H15N3O2.C8H19N.C6H12BrN.C2H5ClO.C2H4O.2ClH.Zn/c1-8(13-7-5-6-11-13)12-9(14)15-10(2,3)4;1-6-9(7(2)3)8(4)5;1-5(2)6(7)8(3)4;1-4-2-3;1-2-3;;;/h5-7H,1H2,2-4H3,(H,12,14);7-8H,6H2,1-5H3;1-4H3;2H2,1H3;2H,1H3;2*1H;/q;;;;;;;+2/p-2. The molecular formula is C28H55BrCl3N5O4Zn. The Labute approximate surface area is 285 Å². The van der Waals surface area contributed by atoms with Crippen LogP contribution in [0.3, 0.4) is 0 Å². The van der Waals surface area contributed by atoms with Crippen LogP contribution in [0.4, 0.5) is 4.79 Å². The van der Waals surface area contributed by atoms with Crippen molar-refractivity contribution in [3.05, 3.63) is 35.2 Å². The van der Waals surface area contributed by atoms with Crippen molar-refractivity contribution in [2.24, 2.45) is 0 Å². The first kappa shape index (κ1) is 50.9. The second kappa shape index (κ2) is 33.2. The number of ether oxygens (including phenoxy) is 2. The predicted molar refractivity (Wildman–Crippen MR) is 182 cm³/mol. The van der Waals surface area contributed by atoms with E-state index in [4.69, 9.17) is 40.5 Å². The minimum absolute atomic E-state index is 0.292. The molecule has 1 rings (SSSR count). The molecule has 0 aliphatic carbocycles. The summed E-state index contributed by atoms with van der Waals surface area (Å²) in [6.07, 6.45) is 3.49. The van der Waals surface area contributed by atoms with Gasteiger partial charge in [-0.15, -0.1) is 0 Å². The molecule has 0 bridgehead atoms. The second-order valence-electron chi connectivity index (χ2n) is 9.96. The fraction of sp³-hybridized carbons (Fsp3) is 0.679. The monoisotopic (exact) mass is 773 g/mol. The maximum atomic E-state index is 11.3. The van der Waals surface area contributed by atoms with Crippen LogP contribution in [-0.2, 0) is 29.4 Å². The number of hydrogen-bond acceptors (Lipinski definition) is 7. The molecular weight excluding hydrogens is 722 g/mol. The van der Waals surface area contributed by atoms with Crippen LogP contribution in [-0.4, -0.2) is 83.5 Å². The number of carbonyl (C=O) groups excluding carboxylic acids is 2. The topological polar surface area (TPSA) is 88.9 Å². The number of rotatable bonds is 7. The molecule has 14 heteroatoms. The molecule has 0 aromatic carbocycles.